The molecule has 7 nitrogen and oxygen atoms in total. The minimum Gasteiger partial charge on any atom is -0.465 e. The van der Waals surface area contributed by atoms with E-state index >= 15 is 0 Å². The number of carbonyl (C=O) groups is 2. The molecule has 0 unspecified atom stereocenters. The Morgan fingerprint density at radius 2 is 1.86 bits per heavy atom. The number of aryl methyl sites for hydroxylation is 2. The predicted molar refractivity (Wildman–Crippen MR) is 108 cm³/mol. The first kappa shape index (κ1) is 20.4. The third-order valence-corrected chi connectivity index (χ3v) is 4.83. The molecular formula is C22H25N3O4. The summed E-state index contributed by atoms with van der Waals surface area (Å²) < 4.78 is 12.2. The summed E-state index contributed by atoms with van der Waals surface area (Å²) in [7, 11) is 3.02. The fourth-order valence-electron chi connectivity index (χ4n) is 3.25. The van der Waals surface area contributed by atoms with E-state index in [1.165, 1.54) is 7.11 Å². The van der Waals surface area contributed by atoms with Gasteiger partial charge in [0.2, 0.25) is 0 Å². The third-order valence-electron chi connectivity index (χ3n) is 4.83. The molecule has 2 heterocycles. The van der Waals surface area contributed by atoms with Gasteiger partial charge in [-0.25, -0.2) is 9.48 Å². The lowest BCUT2D eigenvalue weighted by Gasteiger charge is -2.16. The molecule has 0 saturated heterocycles. The molecule has 3 rings (SSSR count). The summed E-state index contributed by atoms with van der Waals surface area (Å²) in [5.74, 6) is 0.366. The first-order chi connectivity index (χ1) is 13.8. The molecule has 3 aromatic rings. The topological polar surface area (TPSA) is 77.6 Å². The standard InChI is InChI=1S/C22H25N3O4/c1-6-20-19(12-23-25(20)16-9-7-14(2)8-10-16)21(26)24(4)13-17-11-18(15(3)29-17)22(27)28-5/h7-12H,6,13H2,1-5H3. The number of carbonyl (C=O) groups excluding carboxylic acids is 2. The Labute approximate surface area is 169 Å². The average molecular weight is 395 g/mol. The van der Waals surface area contributed by atoms with Crippen LogP contribution in [-0.4, -0.2) is 40.7 Å². The van der Waals surface area contributed by atoms with Gasteiger partial charge in [0, 0.05) is 7.05 Å². The highest BCUT2D eigenvalue weighted by Gasteiger charge is 2.22. The number of aromatic nitrogens is 2. The van der Waals surface area contributed by atoms with Gasteiger partial charge in [-0.1, -0.05) is 24.6 Å². The lowest BCUT2D eigenvalue weighted by Crippen LogP contribution is -2.26. The molecule has 152 valence electrons. The van der Waals surface area contributed by atoms with E-state index in [0.717, 1.165) is 16.9 Å². The molecule has 1 amide bonds. The summed E-state index contributed by atoms with van der Waals surface area (Å²) in [6, 6.07) is 9.62. The van der Waals surface area contributed by atoms with Crippen LogP contribution in [0.1, 0.15) is 50.4 Å². The maximum atomic E-state index is 13.0. The van der Waals surface area contributed by atoms with Crippen LogP contribution in [0.4, 0.5) is 0 Å². The number of methoxy groups -OCH3 is 1. The second-order valence-electron chi connectivity index (χ2n) is 6.94. The molecule has 29 heavy (non-hydrogen) atoms. The Balaban J connectivity index is 1.83. The number of esters is 1. The second-order valence-corrected chi connectivity index (χ2v) is 6.94. The smallest absolute Gasteiger partial charge is 0.341 e. The molecule has 0 aliphatic heterocycles. The average Bonchev–Trinajstić information content (AvgIpc) is 3.30. The summed E-state index contributed by atoms with van der Waals surface area (Å²) in [6.07, 6.45) is 2.26. The predicted octanol–water partition coefficient (Wildman–Crippen LogP) is 3.70. The number of hydrogen-bond donors (Lipinski definition) is 0. The highest BCUT2D eigenvalue weighted by Crippen LogP contribution is 2.20. The zero-order valence-corrected chi connectivity index (χ0v) is 17.4. The summed E-state index contributed by atoms with van der Waals surface area (Å²) >= 11 is 0. The van der Waals surface area contributed by atoms with Crippen LogP contribution in [0.3, 0.4) is 0 Å². The molecule has 0 N–H and O–H groups in total. The molecule has 1 aromatic carbocycles. The largest absolute Gasteiger partial charge is 0.465 e. The summed E-state index contributed by atoms with van der Waals surface area (Å²) in [5, 5.41) is 4.43. The van der Waals surface area contributed by atoms with Crippen molar-refractivity contribution in [2.24, 2.45) is 0 Å². The maximum absolute atomic E-state index is 13.0. The van der Waals surface area contributed by atoms with Crippen LogP contribution in [0, 0.1) is 13.8 Å². The zero-order valence-electron chi connectivity index (χ0n) is 17.4. The van der Waals surface area contributed by atoms with Crippen molar-refractivity contribution in [3.8, 4) is 5.69 Å². The highest BCUT2D eigenvalue weighted by atomic mass is 16.5. The SMILES string of the molecule is CCc1c(C(=O)N(C)Cc2cc(C(=O)OC)c(C)o2)cnn1-c1ccc(C)cc1. The molecule has 0 bridgehead atoms. The number of amides is 1. The maximum Gasteiger partial charge on any atom is 0.341 e. The molecule has 0 aliphatic rings. The van der Waals surface area contributed by atoms with Crippen molar-refractivity contribution in [3.63, 3.8) is 0 Å². The molecular weight excluding hydrogens is 370 g/mol. The van der Waals surface area contributed by atoms with Crippen LogP contribution >= 0.6 is 0 Å². The second kappa shape index (κ2) is 8.34. The van der Waals surface area contributed by atoms with E-state index in [9.17, 15) is 9.59 Å². The lowest BCUT2D eigenvalue weighted by molar-refractivity contribution is 0.0598. The molecule has 7 heteroatoms. The molecule has 0 fully saturated rings. The number of hydrogen-bond acceptors (Lipinski definition) is 5. The van der Waals surface area contributed by atoms with Gasteiger partial charge < -0.3 is 14.1 Å². The van der Waals surface area contributed by atoms with Gasteiger partial charge in [0.1, 0.15) is 17.1 Å². The Morgan fingerprint density at radius 1 is 1.17 bits per heavy atom. The number of rotatable bonds is 6. The fraction of sp³-hybridized carbons (Fsp3) is 0.318. The van der Waals surface area contributed by atoms with Crippen LogP contribution < -0.4 is 0 Å². The Morgan fingerprint density at radius 3 is 2.48 bits per heavy atom. The van der Waals surface area contributed by atoms with Crippen LogP contribution in [0.15, 0.2) is 40.9 Å². The van der Waals surface area contributed by atoms with Gasteiger partial charge in [0.15, 0.2) is 0 Å². The summed E-state index contributed by atoms with van der Waals surface area (Å²) in [4.78, 5) is 26.4. The van der Waals surface area contributed by atoms with Crippen molar-refractivity contribution < 1.29 is 18.7 Å². The summed E-state index contributed by atoms with van der Waals surface area (Å²) in [6.45, 7) is 5.95. The zero-order chi connectivity index (χ0) is 21.1. The van der Waals surface area contributed by atoms with Gasteiger partial charge in [-0.05, 0) is 38.5 Å². The van der Waals surface area contributed by atoms with E-state index in [-0.39, 0.29) is 12.5 Å². The molecule has 0 aliphatic carbocycles. The fourth-order valence-corrected chi connectivity index (χ4v) is 3.25. The van der Waals surface area contributed by atoms with Crippen molar-refractivity contribution in [1.82, 2.24) is 14.7 Å². The lowest BCUT2D eigenvalue weighted by atomic mass is 10.1. The number of ether oxygens (including phenoxy) is 1. The van der Waals surface area contributed by atoms with E-state index in [1.807, 2.05) is 38.1 Å². The molecule has 0 saturated carbocycles. The van der Waals surface area contributed by atoms with Gasteiger partial charge >= 0.3 is 5.97 Å². The van der Waals surface area contributed by atoms with Crippen LogP contribution in [0.5, 0.6) is 0 Å². The molecule has 0 atom stereocenters. The highest BCUT2D eigenvalue weighted by molar-refractivity contribution is 5.95. The summed E-state index contributed by atoms with van der Waals surface area (Å²) in [5.41, 5.74) is 3.84. The normalized spacial score (nSPS) is 10.8. The van der Waals surface area contributed by atoms with Crippen molar-refractivity contribution in [2.75, 3.05) is 14.2 Å². The van der Waals surface area contributed by atoms with Crippen molar-refractivity contribution in [2.45, 2.75) is 33.7 Å². The van der Waals surface area contributed by atoms with E-state index in [4.69, 9.17) is 9.15 Å². The Kier molecular flexibility index (Phi) is 5.87. The van der Waals surface area contributed by atoms with Gasteiger partial charge in [-0.15, -0.1) is 0 Å². The number of furan rings is 1. The third kappa shape index (κ3) is 4.08. The minimum absolute atomic E-state index is 0.158. The van der Waals surface area contributed by atoms with E-state index < -0.39 is 5.97 Å². The Hall–Kier alpha value is -3.35. The van der Waals surface area contributed by atoms with Crippen LogP contribution in [0.25, 0.3) is 5.69 Å². The molecule has 0 radical (unpaired) electrons. The minimum atomic E-state index is -0.459. The molecule has 0 spiro atoms. The van der Waals surface area contributed by atoms with E-state index in [0.29, 0.717) is 29.1 Å². The quantitative estimate of drug-likeness (QED) is 0.595. The van der Waals surface area contributed by atoms with Crippen molar-refractivity contribution >= 4 is 11.9 Å². The van der Waals surface area contributed by atoms with Gasteiger partial charge in [-0.3, -0.25) is 4.79 Å². The van der Waals surface area contributed by atoms with Gasteiger partial charge in [-0.2, -0.15) is 5.10 Å². The van der Waals surface area contributed by atoms with Gasteiger partial charge in [0.05, 0.1) is 36.8 Å². The number of nitrogens with zero attached hydrogens (tertiary/aromatic N) is 3. The Bertz CT molecular complexity index is 1030. The number of benzene rings is 1. The van der Waals surface area contributed by atoms with Crippen molar-refractivity contribution in [1.29, 1.82) is 0 Å². The van der Waals surface area contributed by atoms with Crippen LogP contribution in [-0.2, 0) is 17.7 Å². The van der Waals surface area contributed by atoms with Crippen LogP contribution in [0.2, 0.25) is 0 Å². The van der Waals surface area contributed by atoms with E-state index in [2.05, 4.69) is 5.10 Å². The molecule has 2 aromatic heterocycles. The van der Waals surface area contributed by atoms with Crippen molar-refractivity contribution in [3.05, 3.63) is 70.4 Å². The van der Waals surface area contributed by atoms with Gasteiger partial charge in [0.25, 0.3) is 5.91 Å². The monoisotopic (exact) mass is 395 g/mol. The first-order valence-corrected chi connectivity index (χ1v) is 9.42. The van der Waals surface area contributed by atoms with E-state index in [1.54, 1.807) is 35.8 Å². The first-order valence-electron chi connectivity index (χ1n) is 9.42.